The van der Waals surface area contributed by atoms with Gasteiger partial charge in [-0.15, -0.1) is 0 Å². The lowest BCUT2D eigenvalue weighted by molar-refractivity contribution is -0.137. The van der Waals surface area contributed by atoms with Gasteiger partial charge in [-0.25, -0.2) is 13.1 Å². The molecule has 0 saturated carbocycles. The van der Waals surface area contributed by atoms with Crippen LogP contribution in [0.25, 0.3) is 11.3 Å². The number of sulfonamides is 1. The van der Waals surface area contributed by atoms with Gasteiger partial charge in [-0.3, -0.25) is 9.67 Å². The predicted molar refractivity (Wildman–Crippen MR) is 96.9 cm³/mol. The quantitative estimate of drug-likeness (QED) is 0.670. The van der Waals surface area contributed by atoms with Gasteiger partial charge in [0.15, 0.2) is 0 Å². The van der Waals surface area contributed by atoms with E-state index in [0.717, 1.165) is 17.7 Å². The van der Waals surface area contributed by atoms with Crippen LogP contribution < -0.4 is 4.72 Å². The van der Waals surface area contributed by atoms with Crippen LogP contribution in [0, 0.1) is 0 Å². The lowest BCUT2D eigenvalue weighted by Gasteiger charge is -2.12. The van der Waals surface area contributed by atoms with Crippen LogP contribution in [-0.2, 0) is 29.8 Å². The summed E-state index contributed by atoms with van der Waals surface area (Å²) in [6.45, 7) is -0.132. The Kier molecular flexibility index (Phi) is 5.46. The lowest BCUT2D eigenvalue weighted by Crippen LogP contribution is -2.23. The topological polar surface area (TPSA) is 76.9 Å². The van der Waals surface area contributed by atoms with E-state index >= 15 is 0 Å². The molecule has 0 aliphatic heterocycles. The van der Waals surface area contributed by atoms with Gasteiger partial charge < -0.3 is 0 Å². The fourth-order valence-corrected chi connectivity index (χ4v) is 3.67. The van der Waals surface area contributed by atoms with E-state index in [1.165, 1.54) is 6.20 Å². The fourth-order valence-electron chi connectivity index (χ4n) is 2.40. The number of rotatable bonds is 5. The van der Waals surface area contributed by atoms with Gasteiger partial charge in [-0.1, -0.05) is 17.7 Å². The first-order chi connectivity index (χ1) is 13.1. The van der Waals surface area contributed by atoms with Crippen molar-refractivity contribution in [1.29, 1.82) is 0 Å². The number of nitrogens with one attached hydrogen (secondary N) is 1. The summed E-state index contributed by atoms with van der Waals surface area (Å²) in [6.07, 6.45) is 0.148. The molecule has 2 aromatic heterocycles. The van der Waals surface area contributed by atoms with Crippen LogP contribution >= 0.6 is 11.6 Å². The van der Waals surface area contributed by atoms with Gasteiger partial charge in [0.05, 0.1) is 27.4 Å². The summed E-state index contributed by atoms with van der Waals surface area (Å²) in [5, 5.41) is 3.48. The molecule has 1 N–H and O–H groups in total. The van der Waals surface area contributed by atoms with Crippen molar-refractivity contribution < 1.29 is 21.6 Å². The van der Waals surface area contributed by atoms with Gasteiger partial charge >= 0.3 is 6.18 Å². The second kappa shape index (κ2) is 7.53. The molecule has 1 aromatic carbocycles. The van der Waals surface area contributed by atoms with Crippen LogP contribution in [0.5, 0.6) is 0 Å². The van der Waals surface area contributed by atoms with Crippen molar-refractivity contribution >= 4 is 21.6 Å². The van der Waals surface area contributed by atoms with Crippen LogP contribution in [0.2, 0.25) is 5.02 Å². The van der Waals surface area contributed by atoms with E-state index in [1.54, 1.807) is 36.3 Å². The van der Waals surface area contributed by atoms with Gasteiger partial charge in [0, 0.05) is 31.5 Å². The molecule has 0 aliphatic carbocycles. The number of nitrogens with zero attached hydrogens (tertiary/aromatic N) is 3. The minimum Gasteiger partial charge on any atom is -0.275 e. The highest BCUT2D eigenvalue weighted by atomic mass is 35.5. The monoisotopic (exact) mass is 430 g/mol. The summed E-state index contributed by atoms with van der Waals surface area (Å²) in [6, 6.07) is 5.80. The molecular formula is C17H14ClF3N4O2S. The molecule has 6 nitrogen and oxygen atoms in total. The van der Waals surface area contributed by atoms with E-state index in [-0.39, 0.29) is 6.54 Å². The van der Waals surface area contributed by atoms with E-state index in [0.29, 0.717) is 17.3 Å². The highest BCUT2D eigenvalue weighted by Crippen LogP contribution is 2.35. The first-order valence-electron chi connectivity index (χ1n) is 7.86. The third kappa shape index (κ3) is 4.51. The van der Waals surface area contributed by atoms with Crippen molar-refractivity contribution in [3.63, 3.8) is 0 Å². The van der Waals surface area contributed by atoms with Gasteiger partial charge in [0.25, 0.3) is 0 Å². The van der Waals surface area contributed by atoms with Crippen molar-refractivity contribution in [2.75, 3.05) is 0 Å². The number of benzene rings is 1. The Balaban J connectivity index is 1.75. The average molecular weight is 431 g/mol. The number of aryl methyl sites for hydroxylation is 1. The minimum atomic E-state index is -4.76. The zero-order chi connectivity index (χ0) is 20.5. The van der Waals surface area contributed by atoms with E-state index in [1.807, 2.05) is 0 Å². The Morgan fingerprint density at radius 1 is 1.18 bits per heavy atom. The van der Waals surface area contributed by atoms with Crippen molar-refractivity contribution in [1.82, 2.24) is 19.5 Å². The van der Waals surface area contributed by atoms with E-state index in [9.17, 15) is 21.6 Å². The van der Waals surface area contributed by atoms with Crippen LogP contribution in [0.1, 0.15) is 11.1 Å². The van der Waals surface area contributed by atoms with Crippen molar-refractivity contribution in [2.45, 2.75) is 17.6 Å². The van der Waals surface area contributed by atoms with E-state index < -0.39 is 31.7 Å². The summed E-state index contributed by atoms with van der Waals surface area (Å²) in [7, 11) is -2.40. The molecule has 2 heterocycles. The molecule has 3 rings (SSSR count). The summed E-state index contributed by atoms with van der Waals surface area (Å²) < 4.78 is 67.4. The fraction of sp³-hybridized carbons (Fsp3) is 0.176. The standard InChI is InChI=1S/C17H14ClF3N4O2S/c1-25-10-12(9-23-25)16-5-2-11(7-22-16)8-24-28(26,27)13-3-4-15(18)14(6-13)17(19,20)21/h2-7,9-10,24H,8H2,1H3. The van der Waals surface area contributed by atoms with E-state index in [2.05, 4.69) is 14.8 Å². The molecule has 11 heteroatoms. The van der Waals surface area contributed by atoms with Crippen molar-refractivity contribution in [2.24, 2.45) is 7.05 Å². The molecular weight excluding hydrogens is 417 g/mol. The minimum absolute atomic E-state index is 0.132. The first kappa shape index (κ1) is 20.3. The third-order valence-corrected chi connectivity index (χ3v) is 5.57. The molecule has 0 bridgehead atoms. The molecule has 28 heavy (non-hydrogen) atoms. The highest BCUT2D eigenvalue weighted by Gasteiger charge is 2.34. The van der Waals surface area contributed by atoms with Crippen LogP contribution in [0.3, 0.4) is 0 Å². The van der Waals surface area contributed by atoms with Crippen molar-refractivity contribution in [3.05, 3.63) is 65.1 Å². The molecule has 0 amide bonds. The maximum atomic E-state index is 12.9. The maximum absolute atomic E-state index is 12.9. The molecule has 0 aliphatic rings. The highest BCUT2D eigenvalue weighted by molar-refractivity contribution is 7.89. The van der Waals surface area contributed by atoms with Crippen LogP contribution in [0.15, 0.2) is 53.8 Å². The summed E-state index contributed by atoms with van der Waals surface area (Å²) in [5.41, 5.74) is 0.795. The summed E-state index contributed by atoms with van der Waals surface area (Å²) in [4.78, 5) is 3.72. The molecule has 3 aromatic rings. The predicted octanol–water partition coefficient (Wildman–Crippen LogP) is 3.63. The molecule has 0 spiro atoms. The largest absolute Gasteiger partial charge is 0.417 e. The SMILES string of the molecule is Cn1cc(-c2ccc(CNS(=O)(=O)c3ccc(Cl)c(C(F)(F)F)c3)cn2)cn1. The molecule has 0 radical (unpaired) electrons. The number of hydrogen-bond acceptors (Lipinski definition) is 4. The molecule has 148 valence electrons. The van der Waals surface area contributed by atoms with Gasteiger partial charge in [-0.05, 0) is 29.8 Å². The Bertz CT molecular complexity index is 1100. The van der Waals surface area contributed by atoms with Gasteiger partial charge in [0.2, 0.25) is 10.0 Å². The molecule has 0 saturated heterocycles. The Morgan fingerprint density at radius 2 is 1.93 bits per heavy atom. The molecule has 0 unspecified atom stereocenters. The number of aromatic nitrogens is 3. The van der Waals surface area contributed by atoms with Crippen LogP contribution in [-0.4, -0.2) is 23.2 Å². The smallest absolute Gasteiger partial charge is 0.275 e. The van der Waals surface area contributed by atoms with E-state index in [4.69, 9.17) is 11.6 Å². The van der Waals surface area contributed by atoms with Gasteiger partial charge in [0.1, 0.15) is 0 Å². The first-order valence-corrected chi connectivity index (χ1v) is 9.73. The Labute approximate surface area is 164 Å². The van der Waals surface area contributed by atoms with Crippen LogP contribution in [0.4, 0.5) is 13.2 Å². The number of pyridine rings is 1. The van der Waals surface area contributed by atoms with Crippen molar-refractivity contribution in [3.8, 4) is 11.3 Å². The second-order valence-corrected chi connectivity index (χ2v) is 8.09. The Morgan fingerprint density at radius 3 is 2.50 bits per heavy atom. The molecule has 0 fully saturated rings. The lowest BCUT2D eigenvalue weighted by atomic mass is 10.2. The number of alkyl halides is 3. The number of halogens is 4. The number of hydrogen-bond donors (Lipinski definition) is 1. The second-order valence-electron chi connectivity index (χ2n) is 5.92. The summed E-state index contributed by atoms with van der Waals surface area (Å²) >= 11 is 5.52. The maximum Gasteiger partial charge on any atom is 0.417 e. The third-order valence-electron chi connectivity index (χ3n) is 3.85. The average Bonchev–Trinajstić information content (AvgIpc) is 3.06. The van der Waals surface area contributed by atoms with Gasteiger partial charge in [-0.2, -0.15) is 18.3 Å². The zero-order valence-electron chi connectivity index (χ0n) is 14.4. The molecule has 0 atom stereocenters. The summed E-state index contributed by atoms with van der Waals surface area (Å²) in [5.74, 6) is 0. The zero-order valence-corrected chi connectivity index (χ0v) is 16.0. The normalized spacial score (nSPS) is 12.3. The Hall–Kier alpha value is -2.43.